The number of ether oxygens (including phenoxy) is 2. The number of halogens is 1. The van der Waals surface area contributed by atoms with E-state index in [9.17, 15) is 0 Å². The monoisotopic (exact) mass is 292 g/mol. The number of hydrogen-bond donors (Lipinski definition) is 1. The Morgan fingerprint density at radius 3 is 2.80 bits per heavy atom. The number of pyridine rings is 1. The van der Waals surface area contributed by atoms with Gasteiger partial charge in [0.15, 0.2) is 11.5 Å². The Kier molecular flexibility index (Phi) is 3.34. The first-order valence-electron chi connectivity index (χ1n) is 6.68. The SMILES string of the molecule is CCC(C)(CCl)Nc1nccc2cc3c(cc12)OCO3. The highest BCUT2D eigenvalue weighted by Crippen LogP contribution is 2.38. The van der Waals surface area contributed by atoms with Crippen LogP contribution < -0.4 is 14.8 Å². The van der Waals surface area contributed by atoms with Crippen molar-refractivity contribution in [1.82, 2.24) is 4.98 Å². The van der Waals surface area contributed by atoms with Crippen LogP contribution in [0, 0.1) is 0 Å². The Hall–Kier alpha value is -1.68. The number of alkyl halides is 1. The van der Waals surface area contributed by atoms with Gasteiger partial charge in [0, 0.05) is 23.0 Å². The number of anilines is 1. The van der Waals surface area contributed by atoms with Gasteiger partial charge in [-0.2, -0.15) is 0 Å². The highest BCUT2D eigenvalue weighted by atomic mass is 35.5. The van der Waals surface area contributed by atoms with Gasteiger partial charge >= 0.3 is 0 Å². The van der Waals surface area contributed by atoms with E-state index in [1.807, 2.05) is 18.2 Å². The van der Waals surface area contributed by atoms with Crippen LogP contribution in [0.25, 0.3) is 10.8 Å². The summed E-state index contributed by atoms with van der Waals surface area (Å²) in [5.41, 5.74) is -0.181. The van der Waals surface area contributed by atoms with Gasteiger partial charge in [-0.15, -0.1) is 11.6 Å². The molecular formula is C15H17ClN2O2. The van der Waals surface area contributed by atoms with Gasteiger partial charge < -0.3 is 14.8 Å². The van der Waals surface area contributed by atoms with Gasteiger partial charge in [0.2, 0.25) is 6.79 Å². The van der Waals surface area contributed by atoms with Crippen LogP contribution in [0.15, 0.2) is 24.4 Å². The zero-order valence-corrected chi connectivity index (χ0v) is 12.3. The molecule has 1 aromatic heterocycles. The molecule has 2 aromatic rings. The molecule has 0 saturated carbocycles. The standard InChI is InChI=1S/C15H17ClN2O2/c1-3-15(2,8-16)18-14-11-7-13-12(19-9-20-13)6-10(11)4-5-17-14/h4-7H,3,8-9H2,1-2H3,(H,17,18). The van der Waals surface area contributed by atoms with Crippen molar-refractivity contribution in [2.75, 3.05) is 18.0 Å². The van der Waals surface area contributed by atoms with Crippen LogP contribution in [-0.2, 0) is 0 Å². The van der Waals surface area contributed by atoms with E-state index in [0.717, 1.165) is 34.5 Å². The second-order valence-corrected chi connectivity index (χ2v) is 5.53. The summed E-state index contributed by atoms with van der Waals surface area (Å²) < 4.78 is 10.8. The maximum Gasteiger partial charge on any atom is 0.231 e. The summed E-state index contributed by atoms with van der Waals surface area (Å²) in [4.78, 5) is 4.45. The quantitative estimate of drug-likeness (QED) is 0.871. The number of hydrogen-bond acceptors (Lipinski definition) is 4. The molecule has 2 heterocycles. The molecule has 1 unspecified atom stereocenters. The van der Waals surface area contributed by atoms with Crippen molar-refractivity contribution < 1.29 is 9.47 Å². The predicted octanol–water partition coefficient (Wildman–Crippen LogP) is 3.78. The molecule has 0 amide bonds. The van der Waals surface area contributed by atoms with E-state index in [2.05, 4.69) is 24.1 Å². The summed E-state index contributed by atoms with van der Waals surface area (Å²) in [6.07, 6.45) is 2.70. The first kappa shape index (κ1) is 13.3. The molecule has 1 atom stereocenters. The summed E-state index contributed by atoms with van der Waals surface area (Å²) in [5.74, 6) is 2.89. The van der Waals surface area contributed by atoms with E-state index in [-0.39, 0.29) is 12.3 Å². The van der Waals surface area contributed by atoms with Gasteiger partial charge in [0.05, 0.1) is 0 Å². The molecule has 1 aromatic carbocycles. The van der Waals surface area contributed by atoms with E-state index < -0.39 is 0 Å². The zero-order valence-electron chi connectivity index (χ0n) is 11.6. The first-order valence-corrected chi connectivity index (χ1v) is 7.21. The minimum Gasteiger partial charge on any atom is -0.454 e. The maximum absolute atomic E-state index is 6.07. The van der Waals surface area contributed by atoms with Gasteiger partial charge in [-0.1, -0.05) is 6.92 Å². The lowest BCUT2D eigenvalue weighted by molar-refractivity contribution is 0.174. The predicted molar refractivity (Wildman–Crippen MR) is 80.9 cm³/mol. The molecule has 0 bridgehead atoms. The molecule has 1 aliphatic heterocycles. The fourth-order valence-corrected chi connectivity index (χ4v) is 2.42. The van der Waals surface area contributed by atoms with E-state index in [4.69, 9.17) is 21.1 Å². The fraction of sp³-hybridized carbons (Fsp3) is 0.400. The van der Waals surface area contributed by atoms with Gasteiger partial charge in [0.25, 0.3) is 0 Å². The van der Waals surface area contributed by atoms with Crippen LogP contribution in [0.5, 0.6) is 11.5 Å². The molecular weight excluding hydrogens is 276 g/mol. The molecule has 0 fully saturated rings. The molecule has 0 spiro atoms. The molecule has 3 rings (SSSR count). The average molecular weight is 293 g/mol. The van der Waals surface area contributed by atoms with Crippen LogP contribution in [0.3, 0.4) is 0 Å². The first-order chi connectivity index (χ1) is 9.65. The van der Waals surface area contributed by atoms with E-state index >= 15 is 0 Å². The largest absolute Gasteiger partial charge is 0.454 e. The van der Waals surface area contributed by atoms with Crippen molar-refractivity contribution in [2.45, 2.75) is 25.8 Å². The van der Waals surface area contributed by atoms with Crippen LogP contribution in [-0.4, -0.2) is 23.2 Å². The van der Waals surface area contributed by atoms with Crippen LogP contribution >= 0.6 is 11.6 Å². The summed E-state index contributed by atoms with van der Waals surface area (Å²) in [6, 6.07) is 5.91. The normalized spacial score (nSPS) is 16.1. The molecule has 0 aliphatic carbocycles. The minimum atomic E-state index is -0.181. The smallest absolute Gasteiger partial charge is 0.231 e. The lowest BCUT2D eigenvalue weighted by Crippen LogP contribution is -2.36. The molecule has 106 valence electrons. The van der Waals surface area contributed by atoms with E-state index in [0.29, 0.717) is 5.88 Å². The molecule has 1 aliphatic rings. The Bertz CT molecular complexity index is 641. The zero-order chi connectivity index (χ0) is 14.2. The summed E-state index contributed by atoms with van der Waals surface area (Å²) in [5, 5.41) is 5.53. The van der Waals surface area contributed by atoms with Crippen molar-refractivity contribution in [3.63, 3.8) is 0 Å². The van der Waals surface area contributed by atoms with Crippen molar-refractivity contribution in [2.24, 2.45) is 0 Å². The third kappa shape index (κ3) is 2.24. The number of fused-ring (bicyclic) bond motifs is 2. The van der Waals surface area contributed by atoms with Gasteiger partial charge in [-0.3, -0.25) is 0 Å². The highest BCUT2D eigenvalue weighted by molar-refractivity contribution is 6.18. The van der Waals surface area contributed by atoms with Crippen molar-refractivity contribution in [3.05, 3.63) is 24.4 Å². The summed E-state index contributed by atoms with van der Waals surface area (Å²) in [6.45, 7) is 4.47. The summed E-state index contributed by atoms with van der Waals surface area (Å²) >= 11 is 6.07. The van der Waals surface area contributed by atoms with Crippen LogP contribution in [0.2, 0.25) is 0 Å². The second-order valence-electron chi connectivity index (χ2n) is 5.26. The molecule has 0 saturated heterocycles. The van der Waals surface area contributed by atoms with Crippen molar-refractivity contribution in [1.29, 1.82) is 0 Å². The Morgan fingerprint density at radius 1 is 1.35 bits per heavy atom. The molecule has 4 nitrogen and oxygen atoms in total. The number of aromatic nitrogens is 1. The molecule has 0 radical (unpaired) electrons. The van der Waals surface area contributed by atoms with Crippen LogP contribution in [0.4, 0.5) is 5.82 Å². The van der Waals surface area contributed by atoms with Gasteiger partial charge in [0.1, 0.15) is 5.82 Å². The van der Waals surface area contributed by atoms with Gasteiger partial charge in [-0.05, 0) is 36.9 Å². The lowest BCUT2D eigenvalue weighted by Gasteiger charge is -2.28. The number of nitrogens with one attached hydrogen (secondary N) is 1. The Labute approximate surface area is 123 Å². The van der Waals surface area contributed by atoms with E-state index in [1.54, 1.807) is 6.20 Å². The third-order valence-electron chi connectivity index (χ3n) is 3.75. The molecule has 5 heteroatoms. The summed E-state index contributed by atoms with van der Waals surface area (Å²) in [7, 11) is 0. The highest BCUT2D eigenvalue weighted by Gasteiger charge is 2.23. The number of rotatable bonds is 4. The van der Waals surface area contributed by atoms with Gasteiger partial charge in [-0.25, -0.2) is 4.98 Å². The topological polar surface area (TPSA) is 43.4 Å². The number of benzene rings is 1. The molecule has 20 heavy (non-hydrogen) atoms. The fourth-order valence-electron chi connectivity index (χ4n) is 2.16. The maximum atomic E-state index is 6.07. The Balaban J connectivity index is 2.07. The molecule has 1 N–H and O–H groups in total. The second kappa shape index (κ2) is 5.02. The Morgan fingerprint density at radius 2 is 2.10 bits per heavy atom. The number of nitrogens with zero attached hydrogens (tertiary/aromatic N) is 1. The van der Waals surface area contributed by atoms with Crippen LogP contribution in [0.1, 0.15) is 20.3 Å². The van der Waals surface area contributed by atoms with Crippen molar-refractivity contribution in [3.8, 4) is 11.5 Å². The minimum absolute atomic E-state index is 0.181. The average Bonchev–Trinajstić information content (AvgIpc) is 2.92. The third-order valence-corrected chi connectivity index (χ3v) is 4.34. The van der Waals surface area contributed by atoms with E-state index in [1.165, 1.54) is 0 Å². The lowest BCUT2D eigenvalue weighted by atomic mass is 10.0. The van der Waals surface area contributed by atoms with Crippen molar-refractivity contribution >= 4 is 28.2 Å².